The first-order chi connectivity index (χ1) is 8.43. The summed E-state index contributed by atoms with van der Waals surface area (Å²) < 4.78 is 0. The molecule has 102 valence electrons. The predicted molar refractivity (Wildman–Crippen MR) is 61.8 cm³/mol. The number of carbonyl (C=O) groups excluding carboxylic acids is 1. The van der Waals surface area contributed by atoms with Crippen molar-refractivity contribution in [3.63, 3.8) is 0 Å². The number of rotatable bonds is 5. The normalized spacial score (nSPS) is 21.4. The molecule has 4 N–H and O–H groups in total. The van der Waals surface area contributed by atoms with E-state index in [1.807, 2.05) is 0 Å². The Kier molecular flexibility index (Phi) is 5.08. The Morgan fingerprint density at radius 3 is 2.50 bits per heavy atom. The van der Waals surface area contributed by atoms with E-state index in [1.165, 1.54) is 4.90 Å². The Morgan fingerprint density at radius 1 is 1.28 bits per heavy atom. The lowest BCUT2D eigenvalue weighted by Crippen LogP contribution is -2.48. The van der Waals surface area contributed by atoms with E-state index in [-0.39, 0.29) is 18.7 Å². The zero-order valence-electron chi connectivity index (χ0n) is 10.0. The van der Waals surface area contributed by atoms with Crippen LogP contribution in [0.4, 0.5) is 0 Å². The van der Waals surface area contributed by atoms with Gasteiger partial charge in [-0.25, -0.2) is 4.79 Å². The molecular weight excluding hydrogens is 240 g/mol. The van der Waals surface area contributed by atoms with Gasteiger partial charge in [-0.05, 0) is 25.7 Å². The summed E-state index contributed by atoms with van der Waals surface area (Å²) in [5, 5.41) is 17.6. The van der Waals surface area contributed by atoms with Crippen LogP contribution < -0.4 is 5.73 Å². The van der Waals surface area contributed by atoms with E-state index in [4.69, 9.17) is 15.9 Å². The summed E-state index contributed by atoms with van der Waals surface area (Å²) >= 11 is 0. The predicted octanol–water partition coefficient (Wildman–Crippen LogP) is -0.356. The Labute approximate surface area is 105 Å². The number of likely N-dealkylation sites (tertiary alicyclic amines) is 1. The first kappa shape index (κ1) is 14.4. The van der Waals surface area contributed by atoms with Crippen LogP contribution in [0, 0.1) is 0 Å². The van der Waals surface area contributed by atoms with Gasteiger partial charge in [0.25, 0.3) is 0 Å². The molecule has 7 nitrogen and oxygen atoms in total. The first-order valence-corrected chi connectivity index (χ1v) is 5.94. The molecule has 1 aliphatic heterocycles. The fraction of sp³-hybridized carbons (Fsp3) is 0.727. The SMILES string of the molecule is N[C@@H](CCC(=O)N1CCCC[C@H]1C(=O)O)C(=O)O. The van der Waals surface area contributed by atoms with Gasteiger partial charge in [-0.1, -0.05) is 0 Å². The van der Waals surface area contributed by atoms with Crippen molar-refractivity contribution in [3.8, 4) is 0 Å². The van der Waals surface area contributed by atoms with Crippen molar-refractivity contribution >= 4 is 17.8 Å². The Bertz CT molecular complexity index is 344. The standard InChI is InChI=1S/C11H18N2O5/c12-7(10(15)16)4-5-9(14)13-6-2-1-3-8(13)11(17)18/h7-8H,1-6,12H2,(H,15,16)(H,17,18)/t7-,8-/m0/s1. The van der Waals surface area contributed by atoms with Gasteiger partial charge in [-0.15, -0.1) is 0 Å². The highest BCUT2D eigenvalue weighted by Gasteiger charge is 2.31. The Morgan fingerprint density at radius 2 is 1.94 bits per heavy atom. The van der Waals surface area contributed by atoms with Crippen molar-refractivity contribution < 1.29 is 24.6 Å². The topological polar surface area (TPSA) is 121 Å². The highest BCUT2D eigenvalue weighted by molar-refractivity contribution is 5.84. The Hall–Kier alpha value is -1.63. The Balaban J connectivity index is 2.53. The molecule has 2 atom stereocenters. The maximum Gasteiger partial charge on any atom is 0.326 e. The summed E-state index contributed by atoms with van der Waals surface area (Å²) in [6.07, 6.45) is 2.01. The minimum atomic E-state index is -1.16. The molecule has 1 rings (SSSR count). The first-order valence-electron chi connectivity index (χ1n) is 5.94. The lowest BCUT2D eigenvalue weighted by molar-refractivity contribution is -0.152. The fourth-order valence-corrected chi connectivity index (χ4v) is 2.03. The third-order valence-electron chi connectivity index (χ3n) is 3.09. The summed E-state index contributed by atoms with van der Waals surface area (Å²) in [5.41, 5.74) is 5.30. The maximum absolute atomic E-state index is 11.9. The molecule has 0 aromatic carbocycles. The van der Waals surface area contributed by atoms with Crippen molar-refractivity contribution in [3.05, 3.63) is 0 Å². The van der Waals surface area contributed by atoms with Crippen LogP contribution in [-0.4, -0.2) is 51.6 Å². The number of nitrogens with zero attached hydrogens (tertiary/aromatic N) is 1. The third kappa shape index (κ3) is 3.69. The smallest absolute Gasteiger partial charge is 0.326 e. The minimum absolute atomic E-state index is 0.0248. The van der Waals surface area contributed by atoms with Crippen molar-refractivity contribution in [1.82, 2.24) is 4.90 Å². The highest BCUT2D eigenvalue weighted by Crippen LogP contribution is 2.18. The van der Waals surface area contributed by atoms with Crippen LogP contribution in [0.15, 0.2) is 0 Å². The number of aliphatic carboxylic acids is 2. The maximum atomic E-state index is 11.9. The molecule has 0 unspecified atom stereocenters. The highest BCUT2D eigenvalue weighted by atomic mass is 16.4. The van der Waals surface area contributed by atoms with E-state index in [2.05, 4.69) is 0 Å². The number of nitrogens with two attached hydrogens (primary N) is 1. The van der Waals surface area contributed by atoms with Crippen LogP contribution >= 0.6 is 0 Å². The average molecular weight is 258 g/mol. The second-order valence-corrected chi connectivity index (χ2v) is 4.42. The minimum Gasteiger partial charge on any atom is -0.480 e. The number of carbonyl (C=O) groups is 3. The van der Waals surface area contributed by atoms with E-state index in [0.29, 0.717) is 13.0 Å². The van der Waals surface area contributed by atoms with Crippen LogP contribution in [0.1, 0.15) is 32.1 Å². The van der Waals surface area contributed by atoms with Crippen LogP contribution in [-0.2, 0) is 14.4 Å². The number of piperidine rings is 1. The van der Waals surface area contributed by atoms with E-state index in [9.17, 15) is 14.4 Å². The molecule has 0 aliphatic carbocycles. The van der Waals surface area contributed by atoms with E-state index in [0.717, 1.165) is 12.8 Å². The number of hydrogen-bond donors (Lipinski definition) is 3. The van der Waals surface area contributed by atoms with Crippen LogP contribution in [0.25, 0.3) is 0 Å². The molecule has 0 bridgehead atoms. The van der Waals surface area contributed by atoms with Crippen molar-refractivity contribution in [2.75, 3.05) is 6.54 Å². The zero-order chi connectivity index (χ0) is 13.7. The van der Waals surface area contributed by atoms with Gasteiger partial charge in [0.1, 0.15) is 12.1 Å². The fourth-order valence-electron chi connectivity index (χ4n) is 2.03. The van der Waals surface area contributed by atoms with Gasteiger partial charge in [-0.3, -0.25) is 9.59 Å². The van der Waals surface area contributed by atoms with Gasteiger partial charge in [0, 0.05) is 13.0 Å². The van der Waals surface area contributed by atoms with Crippen molar-refractivity contribution in [2.24, 2.45) is 5.73 Å². The monoisotopic (exact) mass is 258 g/mol. The molecule has 0 aromatic heterocycles. The molecule has 0 radical (unpaired) electrons. The molecule has 0 aromatic rings. The quantitative estimate of drug-likeness (QED) is 0.619. The van der Waals surface area contributed by atoms with E-state index in [1.54, 1.807) is 0 Å². The second kappa shape index (κ2) is 6.34. The van der Waals surface area contributed by atoms with E-state index < -0.39 is 24.0 Å². The molecule has 18 heavy (non-hydrogen) atoms. The molecule has 7 heteroatoms. The molecule has 0 spiro atoms. The van der Waals surface area contributed by atoms with Gasteiger partial charge < -0.3 is 20.8 Å². The molecule has 1 fully saturated rings. The van der Waals surface area contributed by atoms with Crippen molar-refractivity contribution in [1.29, 1.82) is 0 Å². The molecular formula is C11H18N2O5. The summed E-state index contributed by atoms with van der Waals surface area (Å²) in [6.45, 7) is 0.415. The lowest BCUT2D eigenvalue weighted by Gasteiger charge is -2.33. The summed E-state index contributed by atoms with van der Waals surface area (Å²) in [5.74, 6) is -2.50. The van der Waals surface area contributed by atoms with Gasteiger partial charge in [0.05, 0.1) is 0 Å². The molecule has 1 amide bonds. The van der Waals surface area contributed by atoms with Gasteiger partial charge in [0.15, 0.2) is 0 Å². The van der Waals surface area contributed by atoms with Gasteiger partial charge in [-0.2, -0.15) is 0 Å². The third-order valence-corrected chi connectivity index (χ3v) is 3.09. The summed E-state index contributed by atoms with van der Waals surface area (Å²) in [4.78, 5) is 34.7. The second-order valence-electron chi connectivity index (χ2n) is 4.42. The lowest BCUT2D eigenvalue weighted by atomic mass is 10.0. The van der Waals surface area contributed by atoms with Crippen molar-refractivity contribution in [2.45, 2.75) is 44.2 Å². The molecule has 1 saturated heterocycles. The van der Waals surface area contributed by atoms with E-state index >= 15 is 0 Å². The average Bonchev–Trinajstić information content (AvgIpc) is 2.35. The van der Waals surface area contributed by atoms with Crippen LogP contribution in [0.3, 0.4) is 0 Å². The van der Waals surface area contributed by atoms with Gasteiger partial charge >= 0.3 is 11.9 Å². The van der Waals surface area contributed by atoms with Crippen LogP contribution in [0.5, 0.6) is 0 Å². The molecule has 1 heterocycles. The summed E-state index contributed by atoms with van der Waals surface area (Å²) in [6, 6.07) is -1.87. The van der Waals surface area contributed by atoms with Gasteiger partial charge in [0.2, 0.25) is 5.91 Å². The molecule has 0 saturated carbocycles. The number of amides is 1. The largest absolute Gasteiger partial charge is 0.480 e. The summed E-state index contributed by atoms with van der Waals surface area (Å²) in [7, 11) is 0. The zero-order valence-corrected chi connectivity index (χ0v) is 10.0. The number of hydrogen-bond acceptors (Lipinski definition) is 4. The van der Waals surface area contributed by atoms with Crippen LogP contribution in [0.2, 0.25) is 0 Å². The molecule has 1 aliphatic rings. The number of carboxylic acid groups (broad SMARTS) is 2. The number of carboxylic acids is 2.